The van der Waals surface area contributed by atoms with Gasteiger partial charge in [0.2, 0.25) is 6.79 Å². The van der Waals surface area contributed by atoms with Crippen molar-refractivity contribution in [1.29, 1.82) is 0 Å². The van der Waals surface area contributed by atoms with Crippen molar-refractivity contribution in [2.75, 3.05) is 6.79 Å². The van der Waals surface area contributed by atoms with Crippen LogP contribution in [0, 0.1) is 0 Å². The molecule has 0 spiro atoms. The van der Waals surface area contributed by atoms with Crippen LogP contribution in [-0.4, -0.2) is 48.6 Å². The lowest BCUT2D eigenvalue weighted by molar-refractivity contribution is -0.146. The van der Waals surface area contributed by atoms with Crippen LogP contribution in [0.3, 0.4) is 0 Å². The Bertz CT molecular complexity index is 1000. The number of ether oxygens (including phenoxy) is 2. The maximum atomic E-state index is 13.5. The van der Waals surface area contributed by atoms with E-state index in [0.717, 1.165) is 6.92 Å². The Morgan fingerprint density at radius 1 is 1.12 bits per heavy atom. The quantitative estimate of drug-likeness (QED) is 0.380. The number of halogens is 2. The Labute approximate surface area is 182 Å². The lowest BCUT2D eigenvalue weighted by Gasteiger charge is -2.30. The van der Waals surface area contributed by atoms with Gasteiger partial charge in [0.05, 0.1) is 11.5 Å². The van der Waals surface area contributed by atoms with Crippen molar-refractivity contribution in [2.24, 2.45) is 0 Å². The summed E-state index contributed by atoms with van der Waals surface area (Å²) in [5.41, 5.74) is 0.631. The number of esters is 2. The minimum atomic E-state index is -3.58. The molecular formula is C21H20BF2NO7. The number of carbonyl (C=O) groups is 3. The van der Waals surface area contributed by atoms with Gasteiger partial charge in [0.25, 0.3) is 5.91 Å². The average Bonchev–Trinajstić information content (AvgIpc) is 2.79. The molecule has 0 radical (unpaired) electrons. The maximum absolute atomic E-state index is 13.5. The van der Waals surface area contributed by atoms with Gasteiger partial charge >= 0.3 is 25.0 Å². The maximum Gasteiger partial charge on any atom is 0.547 e. The molecule has 0 saturated carbocycles. The number of benzene rings is 2. The van der Waals surface area contributed by atoms with Crippen LogP contribution in [0.25, 0.3) is 0 Å². The second-order valence-corrected chi connectivity index (χ2v) is 6.99. The molecule has 0 aliphatic carbocycles. The summed E-state index contributed by atoms with van der Waals surface area (Å²) in [6, 6.07) is 12.6. The third-order valence-electron chi connectivity index (χ3n) is 4.82. The van der Waals surface area contributed by atoms with Crippen LogP contribution in [-0.2, 0) is 20.7 Å². The molecular weight excluding hydrogens is 427 g/mol. The summed E-state index contributed by atoms with van der Waals surface area (Å²) in [7, 11) is -1.66. The van der Waals surface area contributed by atoms with Crippen LogP contribution in [0.2, 0.25) is 0 Å². The molecule has 1 aliphatic heterocycles. The minimum Gasteiger partial charge on any atom is -0.534 e. The topological polar surface area (TPSA) is 111 Å². The molecule has 1 heterocycles. The minimum absolute atomic E-state index is 0.00728. The Morgan fingerprint density at radius 2 is 1.81 bits per heavy atom. The van der Waals surface area contributed by atoms with Crippen molar-refractivity contribution < 1.29 is 42.3 Å². The molecule has 2 N–H and O–H groups in total. The van der Waals surface area contributed by atoms with Crippen LogP contribution in [0.4, 0.5) is 8.78 Å². The highest BCUT2D eigenvalue weighted by atomic mass is 19.3. The van der Waals surface area contributed by atoms with E-state index in [-0.39, 0.29) is 23.3 Å². The van der Waals surface area contributed by atoms with Gasteiger partial charge in [-0.25, -0.2) is 9.59 Å². The molecule has 2 aromatic rings. The Kier molecular flexibility index (Phi) is 7.09. The fourth-order valence-corrected chi connectivity index (χ4v) is 3.01. The SMILES string of the molecule is CCC(F)(F)C(=O)N[C@H]1Cc2cccc(C(=O)OCOC(=O)c3ccccc3)c2OB1O. The molecule has 0 bridgehead atoms. The summed E-state index contributed by atoms with van der Waals surface area (Å²) in [6.07, 6.45) is -0.740. The predicted molar refractivity (Wildman–Crippen MR) is 108 cm³/mol. The normalized spacial score (nSPS) is 15.2. The Morgan fingerprint density at radius 3 is 2.50 bits per heavy atom. The predicted octanol–water partition coefficient (Wildman–Crippen LogP) is 2.14. The van der Waals surface area contributed by atoms with Crippen molar-refractivity contribution in [3.63, 3.8) is 0 Å². The van der Waals surface area contributed by atoms with E-state index in [1.165, 1.54) is 12.1 Å². The van der Waals surface area contributed by atoms with Crippen molar-refractivity contribution in [2.45, 2.75) is 31.6 Å². The number of hydrogen-bond acceptors (Lipinski definition) is 7. The largest absolute Gasteiger partial charge is 0.547 e. The summed E-state index contributed by atoms with van der Waals surface area (Å²) in [5.74, 6) is -7.80. The standard InChI is InChI=1S/C21H20BF2NO7/c1-2-21(23,24)20(28)25-16-11-14-9-6-10-15(17(14)32-22(16)29)19(27)31-12-30-18(26)13-7-4-3-5-8-13/h3-10,16,29H,2,11-12H2,1H3,(H,25,28)/t16-/m0/s1. The smallest absolute Gasteiger partial charge is 0.534 e. The van der Waals surface area contributed by atoms with Crippen molar-refractivity contribution in [3.05, 3.63) is 65.2 Å². The molecule has 0 fully saturated rings. The number of para-hydroxylation sites is 1. The van der Waals surface area contributed by atoms with Crippen LogP contribution >= 0.6 is 0 Å². The Hall–Kier alpha value is -3.47. The van der Waals surface area contributed by atoms with Crippen LogP contribution in [0.15, 0.2) is 48.5 Å². The van der Waals surface area contributed by atoms with Gasteiger partial charge in [-0.05, 0) is 30.2 Å². The van der Waals surface area contributed by atoms with E-state index in [0.29, 0.717) is 5.56 Å². The van der Waals surface area contributed by atoms with Crippen LogP contribution in [0.1, 0.15) is 39.6 Å². The highest BCUT2D eigenvalue weighted by molar-refractivity contribution is 6.47. The zero-order valence-corrected chi connectivity index (χ0v) is 17.0. The molecule has 32 heavy (non-hydrogen) atoms. The van der Waals surface area contributed by atoms with Gasteiger partial charge in [-0.1, -0.05) is 37.3 Å². The van der Waals surface area contributed by atoms with Crippen molar-refractivity contribution >= 4 is 25.0 Å². The molecule has 3 rings (SSSR count). The fourth-order valence-electron chi connectivity index (χ4n) is 3.01. The zero-order chi connectivity index (χ0) is 23.3. The average molecular weight is 447 g/mol. The summed E-state index contributed by atoms with van der Waals surface area (Å²) >= 11 is 0. The van der Waals surface area contributed by atoms with E-state index in [2.05, 4.69) is 5.32 Å². The zero-order valence-electron chi connectivity index (χ0n) is 17.0. The van der Waals surface area contributed by atoms with Gasteiger partial charge in [-0.15, -0.1) is 0 Å². The van der Waals surface area contributed by atoms with E-state index < -0.39 is 50.0 Å². The molecule has 2 aromatic carbocycles. The highest BCUT2D eigenvalue weighted by Crippen LogP contribution is 2.31. The first-order valence-corrected chi connectivity index (χ1v) is 9.77. The number of carbonyl (C=O) groups excluding carboxylic acids is 3. The van der Waals surface area contributed by atoms with E-state index >= 15 is 0 Å². The van der Waals surface area contributed by atoms with Gasteiger partial charge < -0.3 is 24.5 Å². The lowest BCUT2D eigenvalue weighted by atomic mass is 9.72. The first-order chi connectivity index (χ1) is 15.2. The summed E-state index contributed by atoms with van der Waals surface area (Å²) in [4.78, 5) is 36.1. The second-order valence-electron chi connectivity index (χ2n) is 6.99. The third kappa shape index (κ3) is 5.23. The van der Waals surface area contributed by atoms with Crippen LogP contribution < -0.4 is 9.97 Å². The first-order valence-electron chi connectivity index (χ1n) is 9.77. The fraction of sp³-hybridized carbons (Fsp3) is 0.286. The van der Waals surface area contributed by atoms with Gasteiger partial charge in [0.15, 0.2) is 0 Å². The van der Waals surface area contributed by atoms with Crippen molar-refractivity contribution in [3.8, 4) is 5.75 Å². The monoisotopic (exact) mass is 447 g/mol. The first kappa shape index (κ1) is 23.2. The van der Waals surface area contributed by atoms with Crippen molar-refractivity contribution in [1.82, 2.24) is 5.32 Å². The molecule has 0 aromatic heterocycles. The molecule has 11 heteroatoms. The molecule has 0 saturated heterocycles. The molecule has 8 nitrogen and oxygen atoms in total. The number of hydrogen-bond donors (Lipinski definition) is 2. The third-order valence-corrected chi connectivity index (χ3v) is 4.82. The van der Waals surface area contributed by atoms with Gasteiger partial charge in [-0.3, -0.25) is 4.79 Å². The summed E-state index contributed by atoms with van der Waals surface area (Å²) in [5, 5.41) is 12.3. The number of rotatable bonds is 7. The molecule has 168 valence electrons. The summed E-state index contributed by atoms with van der Waals surface area (Å²) < 4.78 is 42.3. The van der Waals surface area contributed by atoms with Crippen LogP contribution in [0.5, 0.6) is 5.75 Å². The van der Waals surface area contributed by atoms with E-state index in [9.17, 15) is 28.2 Å². The number of nitrogens with one attached hydrogen (secondary N) is 1. The number of amides is 1. The summed E-state index contributed by atoms with van der Waals surface area (Å²) in [6.45, 7) is 0.515. The van der Waals surface area contributed by atoms with Gasteiger partial charge in [-0.2, -0.15) is 8.78 Å². The molecule has 1 amide bonds. The lowest BCUT2D eigenvalue weighted by Crippen LogP contribution is -2.56. The van der Waals surface area contributed by atoms with Gasteiger partial charge in [0, 0.05) is 6.42 Å². The molecule has 1 aliphatic rings. The number of fused-ring (bicyclic) bond motifs is 1. The van der Waals surface area contributed by atoms with E-state index in [4.69, 9.17) is 14.1 Å². The number of alkyl halides is 2. The van der Waals surface area contributed by atoms with E-state index in [1.807, 2.05) is 0 Å². The molecule has 1 atom stereocenters. The Balaban J connectivity index is 1.64. The molecule has 0 unspecified atom stereocenters. The van der Waals surface area contributed by atoms with E-state index in [1.54, 1.807) is 36.4 Å². The van der Waals surface area contributed by atoms with Gasteiger partial charge in [0.1, 0.15) is 11.3 Å². The second kappa shape index (κ2) is 9.78. The highest BCUT2D eigenvalue weighted by Gasteiger charge is 2.43.